The topological polar surface area (TPSA) is 83.8 Å². The van der Waals surface area contributed by atoms with Gasteiger partial charge >= 0.3 is 0 Å². The lowest BCUT2D eigenvalue weighted by molar-refractivity contribution is 0.0936. The maximum atomic E-state index is 12.9. The van der Waals surface area contributed by atoms with E-state index in [1.54, 1.807) is 6.92 Å². The van der Waals surface area contributed by atoms with Crippen LogP contribution in [0.2, 0.25) is 0 Å². The third-order valence-corrected chi connectivity index (χ3v) is 4.29. The number of aryl methyl sites for hydroxylation is 1. The van der Waals surface area contributed by atoms with Crippen molar-refractivity contribution >= 4 is 16.8 Å². The second kappa shape index (κ2) is 6.84. The molecule has 6 heteroatoms. The largest absolute Gasteiger partial charge is 0.361 e. The second-order valence-corrected chi connectivity index (χ2v) is 6.12. The summed E-state index contributed by atoms with van der Waals surface area (Å²) in [5, 5.41) is 7.93. The van der Waals surface area contributed by atoms with Gasteiger partial charge in [0.1, 0.15) is 0 Å². The Morgan fingerprint density at radius 3 is 2.77 bits per heavy atom. The van der Waals surface area contributed by atoms with Crippen LogP contribution < -0.4 is 5.32 Å². The minimum atomic E-state index is -0.270. The van der Waals surface area contributed by atoms with E-state index in [2.05, 4.69) is 20.4 Å². The Morgan fingerprint density at radius 2 is 2.00 bits per heavy atom. The van der Waals surface area contributed by atoms with Crippen molar-refractivity contribution in [1.29, 1.82) is 0 Å². The van der Waals surface area contributed by atoms with Crippen LogP contribution in [0.25, 0.3) is 10.9 Å². The van der Waals surface area contributed by atoms with Crippen LogP contribution in [0.4, 0.5) is 0 Å². The monoisotopic (exact) mass is 346 g/mol. The van der Waals surface area contributed by atoms with Crippen LogP contribution in [0.15, 0.2) is 65.3 Å². The van der Waals surface area contributed by atoms with Gasteiger partial charge in [0.2, 0.25) is 5.89 Å². The number of rotatable bonds is 5. The van der Waals surface area contributed by atoms with Gasteiger partial charge in [-0.15, -0.1) is 0 Å². The van der Waals surface area contributed by atoms with Gasteiger partial charge in [-0.05, 0) is 24.6 Å². The van der Waals surface area contributed by atoms with Crippen LogP contribution in [0.3, 0.4) is 0 Å². The molecule has 2 aromatic carbocycles. The third kappa shape index (κ3) is 3.21. The van der Waals surface area contributed by atoms with Crippen LogP contribution >= 0.6 is 0 Å². The Morgan fingerprint density at radius 1 is 1.15 bits per heavy atom. The quantitative estimate of drug-likeness (QED) is 0.578. The number of aromatic nitrogens is 3. The summed E-state index contributed by atoms with van der Waals surface area (Å²) in [6, 6.07) is 17.1. The maximum absolute atomic E-state index is 12.9. The van der Waals surface area contributed by atoms with E-state index in [0.29, 0.717) is 23.7 Å². The molecule has 0 spiro atoms. The average Bonchev–Trinajstić information content (AvgIpc) is 3.30. The molecule has 1 atom stereocenters. The highest BCUT2D eigenvalue weighted by molar-refractivity contribution is 6.05. The predicted octanol–water partition coefficient (Wildman–Crippen LogP) is 3.57. The SMILES string of the molecule is Cc1noc(C[C@H](NC(=O)c2cccc3cc[nH]c23)c2ccccc2)n1. The van der Waals surface area contributed by atoms with Crippen molar-refractivity contribution in [2.75, 3.05) is 0 Å². The molecule has 0 saturated heterocycles. The van der Waals surface area contributed by atoms with Crippen molar-refractivity contribution < 1.29 is 9.32 Å². The van der Waals surface area contributed by atoms with E-state index >= 15 is 0 Å². The number of nitrogens with one attached hydrogen (secondary N) is 2. The van der Waals surface area contributed by atoms with E-state index in [0.717, 1.165) is 16.5 Å². The first-order valence-corrected chi connectivity index (χ1v) is 8.42. The molecule has 1 amide bonds. The van der Waals surface area contributed by atoms with E-state index in [9.17, 15) is 4.79 Å². The summed E-state index contributed by atoms with van der Waals surface area (Å²) in [5.41, 5.74) is 2.41. The van der Waals surface area contributed by atoms with E-state index in [4.69, 9.17) is 4.52 Å². The normalized spacial score (nSPS) is 12.2. The molecule has 0 saturated carbocycles. The first kappa shape index (κ1) is 16.1. The Hall–Kier alpha value is -3.41. The minimum absolute atomic E-state index is 0.150. The first-order valence-electron chi connectivity index (χ1n) is 8.42. The lowest BCUT2D eigenvalue weighted by atomic mass is 10.0. The molecule has 0 radical (unpaired) electrons. The molecule has 2 N–H and O–H groups in total. The molecule has 130 valence electrons. The molecular weight excluding hydrogens is 328 g/mol. The molecule has 2 aromatic heterocycles. The third-order valence-electron chi connectivity index (χ3n) is 4.29. The Bertz CT molecular complexity index is 1040. The summed E-state index contributed by atoms with van der Waals surface area (Å²) in [6.45, 7) is 1.77. The average molecular weight is 346 g/mol. The number of fused-ring (bicyclic) bond motifs is 1. The highest BCUT2D eigenvalue weighted by Crippen LogP contribution is 2.21. The summed E-state index contributed by atoms with van der Waals surface area (Å²) in [4.78, 5) is 20.3. The van der Waals surface area contributed by atoms with Gasteiger partial charge in [-0.3, -0.25) is 4.79 Å². The van der Waals surface area contributed by atoms with Gasteiger partial charge in [-0.25, -0.2) is 0 Å². The number of aromatic amines is 1. The summed E-state index contributed by atoms with van der Waals surface area (Å²) >= 11 is 0. The van der Waals surface area contributed by atoms with Crippen molar-refractivity contribution in [3.63, 3.8) is 0 Å². The van der Waals surface area contributed by atoms with Crippen molar-refractivity contribution in [2.24, 2.45) is 0 Å². The van der Waals surface area contributed by atoms with Crippen molar-refractivity contribution in [3.05, 3.63) is 83.6 Å². The van der Waals surface area contributed by atoms with Gasteiger partial charge < -0.3 is 14.8 Å². The Kier molecular flexibility index (Phi) is 4.23. The minimum Gasteiger partial charge on any atom is -0.361 e. The van der Waals surface area contributed by atoms with Gasteiger partial charge in [-0.2, -0.15) is 4.98 Å². The van der Waals surface area contributed by atoms with Crippen LogP contribution in [0.1, 0.15) is 33.7 Å². The zero-order chi connectivity index (χ0) is 17.9. The lowest BCUT2D eigenvalue weighted by Gasteiger charge is -2.18. The molecule has 2 heterocycles. The van der Waals surface area contributed by atoms with Crippen molar-refractivity contribution in [1.82, 2.24) is 20.4 Å². The van der Waals surface area contributed by atoms with Gasteiger partial charge in [-0.1, -0.05) is 47.6 Å². The fourth-order valence-corrected chi connectivity index (χ4v) is 3.05. The molecule has 4 rings (SSSR count). The molecule has 0 aliphatic rings. The lowest BCUT2D eigenvalue weighted by Crippen LogP contribution is -2.30. The summed E-state index contributed by atoms with van der Waals surface area (Å²) in [5.74, 6) is 0.923. The number of carbonyl (C=O) groups excluding carboxylic acids is 1. The van der Waals surface area contributed by atoms with Crippen LogP contribution in [-0.2, 0) is 6.42 Å². The van der Waals surface area contributed by atoms with Gasteiger partial charge in [0, 0.05) is 11.6 Å². The summed E-state index contributed by atoms with van der Waals surface area (Å²) in [6.07, 6.45) is 2.26. The van der Waals surface area contributed by atoms with E-state index in [1.165, 1.54) is 0 Å². The van der Waals surface area contributed by atoms with Gasteiger partial charge in [0.25, 0.3) is 5.91 Å². The number of para-hydroxylation sites is 1. The smallest absolute Gasteiger partial charge is 0.253 e. The molecule has 0 unspecified atom stereocenters. The standard InChI is InChI=1S/C20H18N4O2/c1-13-22-18(26-24-13)12-17(14-6-3-2-4-7-14)23-20(25)16-9-5-8-15-10-11-21-19(15)16/h2-11,17,21H,12H2,1H3,(H,23,25)/t17-/m0/s1. The number of hydrogen-bond donors (Lipinski definition) is 2. The van der Waals surface area contributed by atoms with Crippen LogP contribution in [0.5, 0.6) is 0 Å². The van der Waals surface area contributed by atoms with E-state index in [1.807, 2.05) is 60.8 Å². The molecule has 26 heavy (non-hydrogen) atoms. The highest BCUT2D eigenvalue weighted by atomic mass is 16.5. The van der Waals surface area contributed by atoms with Crippen LogP contribution in [0, 0.1) is 6.92 Å². The van der Waals surface area contributed by atoms with Crippen molar-refractivity contribution in [3.8, 4) is 0 Å². The molecule has 0 aliphatic carbocycles. The maximum Gasteiger partial charge on any atom is 0.253 e. The molecule has 0 aliphatic heterocycles. The van der Waals surface area contributed by atoms with Gasteiger partial charge in [0.15, 0.2) is 5.82 Å². The zero-order valence-corrected chi connectivity index (χ0v) is 14.3. The molecule has 6 nitrogen and oxygen atoms in total. The van der Waals surface area contributed by atoms with Crippen molar-refractivity contribution in [2.45, 2.75) is 19.4 Å². The number of nitrogens with zero attached hydrogens (tertiary/aromatic N) is 2. The van der Waals surface area contributed by atoms with E-state index in [-0.39, 0.29) is 11.9 Å². The second-order valence-electron chi connectivity index (χ2n) is 6.12. The molecular formula is C20H18N4O2. The van der Waals surface area contributed by atoms with E-state index < -0.39 is 0 Å². The molecule has 4 aromatic rings. The highest BCUT2D eigenvalue weighted by Gasteiger charge is 2.20. The number of amides is 1. The Balaban J connectivity index is 1.63. The molecule has 0 fully saturated rings. The number of carbonyl (C=O) groups is 1. The van der Waals surface area contributed by atoms with Crippen LogP contribution in [-0.4, -0.2) is 21.0 Å². The number of hydrogen-bond acceptors (Lipinski definition) is 4. The number of benzene rings is 2. The molecule has 0 bridgehead atoms. The van der Waals surface area contributed by atoms with Gasteiger partial charge in [0.05, 0.1) is 23.5 Å². The number of H-pyrrole nitrogens is 1. The fourth-order valence-electron chi connectivity index (χ4n) is 3.05. The zero-order valence-electron chi connectivity index (χ0n) is 14.3. The fraction of sp³-hybridized carbons (Fsp3) is 0.150. The first-order chi connectivity index (χ1) is 12.7. The summed E-state index contributed by atoms with van der Waals surface area (Å²) in [7, 11) is 0. The predicted molar refractivity (Wildman–Crippen MR) is 97.7 cm³/mol. The summed E-state index contributed by atoms with van der Waals surface area (Å²) < 4.78 is 5.24. The Labute approximate surface area is 150 Å².